The van der Waals surface area contributed by atoms with E-state index in [1.54, 1.807) is 0 Å². The first kappa shape index (κ1) is 18.6. The van der Waals surface area contributed by atoms with E-state index in [1.165, 1.54) is 5.56 Å². The summed E-state index contributed by atoms with van der Waals surface area (Å²) < 4.78 is 8.44. The molecule has 3 nitrogen and oxygen atoms in total. The molecule has 1 heterocycles. The lowest BCUT2D eigenvalue weighted by atomic mass is 10.1. The summed E-state index contributed by atoms with van der Waals surface area (Å²) >= 11 is 5.98. The normalized spacial score (nSPS) is 12.2. The highest BCUT2D eigenvalue weighted by molar-refractivity contribution is 6.30. The predicted octanol–water partition coefficient (Wildman–Crippen LogP) is 6.46. The molecule has 0 aliphatic carbocycles. The van der Waals surface area contributed by atoms with Gasteiger partial charge in [0.1, 0.15) is 5.75 Å². The molecule has 0 spiro atoms. The van der Waals surface area contributed by atoms with E-state index in [0.717, 1.165) is 42.0 Å². The lowest BCUT2D eigenvalue weighted by molar-refractivity contribution is 0.211. The van der Waals surface area contributed by atoms with Crippen LogP contribution in [0.4, 0.5) is 0 Å². The number of aryl methyl sites for hydroxylation is 2. The Labute approximate surface area is 170 Å². The van der Waals surface area contributed by atoms with Crippen LogP contribution in [-0.4, -0.2) is 9.55 Å². The number of rotatable bonds is 7. The fourth-order valence-electron chi connectivity index (χ4n) is 3.50. The maximum absolute atomic E-state index is 6.15. The quantitative estimate of drug-likeness (QED) is 0.362. The van der Waals surface area contributed by atoms with Gasteiger partial charge in [-0.05, 0) is 61.7 Å². The number of fused-ring (bicyclic) bond motifs is 1. The maximum Gasteiger partial charge on any atom is 0.153 e. The van der Waals surface area contributed by atoms with Gasteiger partial charge in [-0.2, -0.15) is 0 Å². The van der Waals surface area contributed by atoms with Gasteiger partial charge in [0.05, 0.1) is 11.0 Å². The second kappa shape index (κ2) is 8.49. The number of hydrogen-bond acceptors (Lipinski definition) is 2. The molecule has 4 heteroatoms. The van der Waals surface area contributed by atoms with Crippen molar-refractivity contribution in [2.24, 2.45) is 0 Å². The highest BCUT2D eigenvalue weighted by Crippen LogP contribution is 2.26. The summed E-state index contributed by atoms with van der Waals surface area (Å²) in [7, 11) is 0. The third kappa shape index (κ3) is 4.20. The van der Waals surface area contributed by atoms with E-state index in [-0.39, 0.29) is 6.10 Å². The van der Waals surface area contributed by atoms with Gasteiger partial charge in [0.2, 0.25) is 0 Å². The molecule has 28 heavy (non-hydrogen) atoms. The molecule has 0 aliphatic heterocycles. The van der Waals surface area contributed by atoms with Crippen LogP contribution in [0.3, 0.4) is 0 Å². The van der Waals surface area contributed by atoms with Crippen LogP contribution < -0.4 is 4.74 Å². The van der Waals surface area contributed by atoms with Crippen LogP contribution in [0, 0.1) is 0 Å². The van der Waals surface area contributed by atoms with Gasteiger partial charge < -0.3 is 9.30 Å². The molecule has 0 aliphatic rings. The van der Waals surface area contributed by atoms with E-state index in [0.29, 0.717) is 5.02 Å². The largest absolute Gasteiger partial charge is 0.483 e. The molecule has 0 fully saturated rings. The van der Waals surface area contributed by atoms with Crippen molar-refractivity contribution in [1.82, 2.24) is 9.55 Å². The summed E-state index contributed by atoms with van der Waals surface area (Å²) in [5.41, 5.74) is 3.51. The molecule has 0 saturated heterocycles. The van der Waals surface area contributed by atoms with Crippen molar-refractivity contribution in [3.05, 3.63) is 95.3 Å². The van der Waals surface area contributed by atoms with Gasteiger partial charge in [0.15, 0.2) is 11.9 Å². The average Bonchev–Trinajstić information content (AvgIpc) is 3.09. The molecule has 1 atom stereocenters. The van der Waals surface area contributed by atoms with Gasteiger partial charge in [0.25, 0.3) is 0 Å². The number of aromatic nitrogens is 2. The molecule has 0 amide bonds. The van der Waals surface area contributed by atoms with Gasteiger partial charge in [-0.15, -0.1) is 0 Å². The van der Waals surface area contributed by atoms with Gasteiger partial charge >= 0.3 is 0 Å². The zero-order chi connectivity index (χ0) is 19.3. The fourth-order valence-corrected chi connectivity index (χ4v) is 3.62. The van der Waals surface area contributed by atoms with Crippen molar-refractivity contribution >= 4 is 22.6 Å². The van der Waals surface area contributed by atoms with Crippen molar-refractivity contribution in [2.75, 3.05) is 0 Å². The number of para-hydroxylation sites is 2. The Morgan fingerprint density at radius 3 is 2.43 bits per heavy atom. The average molecular weight is 391 g/mol. The lowest BCUT2D eigenvalue weighted by Gasteiger charge is -2.17. The summed E-state index contributed by atoms with van der Waals surface area (Å²) in [4.78, 5) is 4.86. The van der Waals surface area contributed by atoms with Crippen molar-refractivity contribution in [3.8, 4) is 5.75 Å². The lowest BCUT2D eigenvalue weighted by Crippen LogP contribution is -2.12. The predicted molar refractivity (Wildman–Crippen MR) is 115 cm³/mol. The fraction of sp³-hybridized carbons (Fsp3) is 0.208. The highest BCUT2D eigenvalue weighted by atomic mass is 35.5. The number of halogens is 1. The Kier molecular flexibility index (Phi) is 5.63. The number of ether oxygens (including phenoxy) is 1. The summed E-state index contributed by atoms with van der Waals surface area (Å²) in [5, 5.41) is 0.702. The molecule has 0 radical (unpaired) electrons. The standard InChI is InChI=1S/C24H23ClN2O/c1-18(28-21-15-13-20(25)14-16-21)24-26-22-11-5-6-12-23(22)27(24)17-7-10-19-8-3-2-4-9-19/h2-6,8-9,11-16,18H,7,10,17H2,1H3. The van der Waals surface area contributed by atoms with Crippen LogP contribution in [0.2, 0.25) is 5.02 Å². The van der Waals surface area contributed by atoms with Crippen molar-refractivity contribution in [2.45, 2.75) is 32.4 Å². The number of imidazole rings is 1. The zero-order valence-electron chi connectivity index (χ0n) is 15.9. The zero-order valence-corrected chi connectivity index (χ0v) is 16.6. The van der Waals surface area contributed by atoms with E-state index in [2.05, 4.69) is 53.1 Å². The van der Waals surface area contributed by atoms with Crippen LogP contribution in [0.1, 0.15) is 30.8 Å². The third-order valence-corrected chi connectivity index (χ3v) is 5.12. The smallest absolute Gasteiger partial charge is 0.153 e. The monoisotopic (exact) mass is 390 g/mol. The SMILES string of the molecule is CC(Oc1ccc(Cl)cc1)c1nc2ccccc2n1CCCc1ccccc1. The third-order valence-electron chi connectivity index (χ3n) is 4.86. The molecule has 0 N–H and O–H groups in total. The maximum atomic E-state index is 6.15. The van der Waals surface area contributed by atoms with E-state index in [9.17, 15) is 0 Å². The Balaban J connectivity index is 1.56. The molecule has 4 aromatic rings. The van der Waals surface area contributed by atoms with Crippen molar-refractivity contribution < 1.29 is 4.74 Å². The topological polar surface area (TPSA) is 27.1 Å². The van der Waals surface area contributed by atoms with Crippen LogP contribution >= 0.6 is 11.6 Å². The Morgan fingerprint density at radius 2 is 1.64 bits per heavy atom. The minimum atomic E-state index is -0.162. The Hall–Kier alpha value is -2.78. The number of hydrogen-bond donors (Lipinski definition) is 0. The van der Waals surface area contributed by atoms with Crippen LogP contribution in [0.5, 0.6) is 5.75 Å². The van der Waals surface area contributed by atoms with E-state index in [4.69, 9.17) is 21.3 Å². The number of nitrogens with zero attached hydrogens (tertiary/aromatic N) is 2. The van der Waals surface area contributed by atoms with Crippen molar-refractivity contribution in [1.29, 1.82) is 0 Å². The molecular formula is C24H23ClN2O. The van der Waals surface area contributed by atoms with Gasteiger partial charge in [0, 0.05) is 11.6 Å². The minimum Gasteiger partial charge on any atom is -0.483 e. The molecular weight excluding hydrogens is 368 g/mol. The van der Waals surface area contributed by atoms with E-state index >= 15 is 0 Å². The molecule has 1 unspecified atom stereocenters. The number of benzene rings is 3. The minimum absolute atomic E-state index is 0.162. The molecule has 4 rings (SSSR count). The first-order valence-corrected chi connectivity index (χ1v) is 10.00. The summed E-state index contributed by atoms with van der Waals surface area (Å²) in [6.45, 7) is 2.95. The Bertz CT molecular complexity index is 1040. The second-order valence-electron chi connectivity index (χ2n) is 6.91. The molecule has 3 aromatic carbocycles. The van der Waals surface area contributed by atoms with Crippen LogP contribution in [0.25, 0.3) is 11.0 Å². The molecule has 0 bridgehead atoms. The summed E-state index contributed by atoms with van der Waals surface area (Å²) in [5.74, 6) is 1.74. The van der Waals surface area contributed by atoms with Gasteiger partial charge in [-0.3, -0.25) is 0 Å². The summed E-state index contributed by atoms with van der Waals surface area (Å²) in [6, 6.07) is 26.3. The van der Waals surface area contributed by atoms with Gasteiger partial charge in [-0.25, -0.2) is 4.98 Å². The first-order valence-electron chi connectivity index (χ1n) is 9.62. The highest BCUT2D eigenvalue weighted by Gasteiger charge is 2.18. The summed E-state index contributed by atoms with van der Waals surface area (Å²) in [6.07, 6.45) is 1.93. The Morgan fingerprint density at radius 1 is 0.929 bits per heavy atom. The first-order chi connectivity index (χ1) is 13.7. The molecule has 0 saturated carbocycles. The van der Waals surface area contributed by atoms with Crippen molar-refractivity contribution in [3.63, 3.8) is 0 Å². The van der Waals surface area contributed by atoms with Crippen LogP contribution in [0.15, 0.2) is 78.9 Å². The van der Waals surface area contributed by atoms with Crippen LogP contribution in [-0.2, 0) is 13.0 Å². The molecule has 142 valence electrons. The second-order valence-corrected chi connectivity index (χ2v) is 7.35. The van der Waals surface area contributed by atoms with Gasteiger partial charge in [-0.1, -0.05) is 54.1 Å². The van der Waals surface area contributed by atoms with E-state index in [1.807, 2.05) is 37.3 Å². The molecule has 1 aromatic heterocycles. The van der Waals surface area contributed by atoms with E-state index < -0.39 is 0 Å².